The average molecular weight is 291 g/mol. The molecule has 110 valence electrons. The molecule has 22 heavy (non-hydrogen) atoms. The summed E-state index contributed by atoms with van der Waals surface area (Å²) in [6.07, 6.45) is -0.0456. The zero-order valence-electron chi connectivity index (χ0n) is 12.0. The van der Waals surface area contributed by atoms with Gasteiger partial charge >= 0.3 is 0 Å². The number of para-hydroxylation sites is 2. The van der Waals surface area contributed by atoms with E-state index in [4.69, 9.17) is 0 Å². The Hall–Kier alpha value is -2.72. The van der Waals surface area contributed by atoms with Gasteiger partial charge in [-0.05, 0) is 29.0 Å². The van der Waals surface area contributed by atoms with E-state index in [-0.39, 0.29) is 6.29 Å². The van der Waals surface area contributed by atoms with E-state index in [0.29, 0.717) is 12.3 Å². The molecule has 0 unspecified atom stereocenters. The van der Waals surface area contributed by atoms with Crippen LogP contribution in [0.25, 0.3) is 10.8 Å². The van der Waals surface area contributed by atoms with Crippen molar-refractivity contribution in [2.24, 2.45) is 0 Å². The van der Waals surface area contributed by atoms with E-state index in [1.165, 1.54) is 0 Å². The Morgan fingerprint density at radius 1 is 0.864 bits per heavy atom. The Balaban J connectivity index is 1.55. The first-order valence-electron chi connectivity index (χ1n) is 7.36. The molecule has 0 radical (unpaired) electrons. The van der Waals surface area contributed by atoms with Gasteiger partial charge in [0, 0.05) is 12.1 Å². The Bertz CT molecular complexity index is 806. The molecule has 0 spiro atoms. The molecule has 4 heteroatoms. The third-order valence-electron chi connectivity index (χ3n) is 4.03. The van der Waals surface area contributed by atoms with Crippen LogP contribution in [-0.2, 0) is 6.54 Å². The molecule has 4 rings (SSSR count). The first kappa shape index (κ1) is 13.0. The van der Waals surface area contributed by atoms with Crippen LogP contribution in [0.15, 0.2) is 60.7 Å². The van der Waals surface area contributed by atoms with E-state index in [2.05, 4.69) is 22.0 Å². The Morgan fingerprint density at radius 3 is 2.32 bits per heavy atom. The smallest absolute Gasteiger partial charge is 0.153 e. The van der Waals surface area contributed by atoms with Crippen molar-refractivity contribution in [1.29, 1.82) is 0 Å². The minimum atomic E-state index is -0.0456. The first-order chi connectivity index (χ1) is 10.8. The van der Waals surface area contributed by atoms with Gasteiger partial charge in [-0.25, -0.2) is 0 Å². The first-order valence-corrected chi connectivity index (χ1v) is 7.36. The van der Waals surface area contributed by atoms with Crippen molar-refractivity contribution in [3.05, 3.63) is 66.2 Å². The lowest BCUT2D eigenvalue weighted by Crippen LogP contribution is -2.38. The monoisotopic (exact) mass is 291 g/mol. The summed E-state index contributed by atoms with van der Waals surface area (Å²) in [4.78, 5) is 0. The molecule has 0 atom stereocenters. The standard InChI is InChI=1S/C18H17N3O/c22-17-10-9-12-5-1-2-6-13(12)14(17)11-19-18-20-15-7-3-4-8-16(15)21-18/h1-10,18-22H,11H2. The molecule has 0 saturated carbocycles. The fraction of sp³-hybridized carbons (Fsp3) is 0.111. The average Bonchev–Trinajstić information content (AvgIpc) is 2.97. The SMILES string of the molecule is Oc1ccc2ccccc2c1CNC1Nc2ccccc2N1. The van der Waals surface area contributed by atoms with Gasteiger partial charge in [0.25, 0.3) is 0 Å². The number of anilines is 2. The quantitative estimate of drug-likeness (QED) is 0.597. The van der Waals surface area contributed by atoms with Gasteiger partial charge in [0.1, 0.15) is 5.75 Å². The summed E-state index contributed by atoms with van der Waals surface area (Å²) in [7, 11) is 0. The Morgan fingerprint density at radius 2 is 1.55 bits per heavy atom. The minimum absolute atomic E-state index is 0.0456. The lowest BCUT2D eigenvalue weighted by molar-refractivity contribution is 0.464. The second kappa shape index (κ2) is 5.24. The molecular formula is C18H17N3O. The third kappa shape index (κ3) is 2.23. The highest BCUT2D eigenvalue weighted by Crippen LogP contribution is 2.29. The molecule has 1 aliphatic rings. The van der Waals surface area contributed by atoms with E-state index >= 15 is 0 Å². The maximum atomic E-state index is 10.2. The predicted octanol–water partition coefficient (Wildman–Crippen LogP) is 3.46. The van der Waals surface area contributed by atoms with Gasteiger partial charge < -0.3 is 15.7 Å². The molecule has 4 N–H and O–H groups in total. The number of fused-ring (bicyclic) bond motifs is 2. The summed E-state index contributed by atoms with van der Waals surface area (Å²) in [5, 5.41) is 22.5. The van der Waals surface area contributed by atoms with Gasteiger partial charge in [-0.15, -0.1) is 0 Å². The van der Waals surface area contributed by atoms with Gasteiger partial charge in [0.2, 0.25) is 0 Å². The van der Waals surface area contributed by atoms with Gasteiger partial charge in [-0.1, -0.05) is 42.5 Å². The molecule has 0 amide bonds. The summed E-state index contributed by atoms with van der Waals surface area (Å²) in [6.45, 7) is 0.575. The molecule has 0 fully saturated rings. The molecule has 0 bridgehead atoms. The van der Waals surface area contributed by atoms with Crippen molar-refractivity contribution in [2.45, 2.75) is 12.8 Å². The van der Waals surface area contributed by atoms with Crippen LogP contribution in [0.4, 0.5) is 11.4 Å². The largest absolute Gasteiger partial charge is 0.508 e. The summed E-state index contributed by atoms with van der Waals surface area (Å²) >= 11 is 0. The number of hydrogen-bond acceptors (Lipinski definition) is 4. The van der Waals surface area contributed by atoms with Gasteiger partial charge in [-0.3, -0.25) is 5.32 Å². The van der Waals surface area contributed by atoms with Crippen molar-refractivity contribution in [3.8, 4) is 5.75 Å². The summed E-state index contributed by atoms with van der Waals surface area (Å²) < 4.78 is 0. The normalized spacial score (nSPS) is 13.6. The van der Waals surface area contributed by atoms with Crippen LogP contribution in [0.3, 0.4) is 0 Å². The number of nitrogens with one attached hydrogen (secondary N) is 3. The number of hydrogen-bond donors (Lipinski definition) is 4. The van der Waals surface area contributed by atoms with Crippen LogP contribution in [0.2, 0.25) is 0 Å². The topological polar surface area (TPSA) is 56.3 Å². The van der Waals surface area contributed by atoms with Crippen LogP contribution >= 0.6 is 0 Å². The number of phenolic OH excluding ortho intramolecular Hbond substituents is 1. The number of aromatic hydroxyl groups is 1. The van der Waals surface area contributed by atoms with Crippen molar-refractivity contribution in [2.75, 3.05) is 10.6 Å². The van der Waals surface area contributed by atoms with Crippen LogP contribution in [0.1, 0.15) is 5.56 Å². The summed E-state index contributed by atoms with van der Waals surface area (Å²) in [5.41, 5.74) is 3.09. The highest BCUT2D eigenvalue weighted by Gasteiger charge is 2.18. The van der Waals surface area contributed by atoms with Crippen molar-refractivity contribution >= 4 is 22.1 Å². The van der Waals surface area contributed by atoms with Crippen LogP contribution in [-0.4, -0.2) is 11.4 Å². The minimum Gasteiger partial charge on any atom is -0.508 e. The molecule has 0 aliphatic carbocycles. The van der Waals surface area contributed by atoms with Crippen LogP contribution in [0, 0.1) is 0 Å². The fourth-order valence-electron chi connectivity index (χ4n) is 2.90. The zero-order valence-corrected chi connectivity index (χ0v) is 12.0. The lowest BCUT2D eigenvalue weighted by Gasteiger charge is -2.16. The summed E-state index contributed by atoms with van der Waals surface area (Å²) in [5.74, 6) is 0.321. The number of benzene rings is 3. The fourth-order valence-corrected chi connectivity index (χ4v) is 2.90. The maximum Gasteiger partial charge on any atom is 0.153 e. The summed E-state index contributed by atoms with van der Waals surface area (Å²) in [6, 6.07) is 19.9. The Labute approximate surface area is 128 Å². The molecule has 4 nitrogen and oxygen atoms in total. The van der Waals surface area contributed by atoms with E-state index in [1.807, 2.05) is 48.5 Å². The molecule has 1 aliphatic heterocycles. The predicted molar refractivity (Wildman–Crippen MR) is 89.9 cm³/mol. The molecule has 0 aromatic heterocycles. The van der Waals surface area contributed by atoms with E-state index < -0.39 is 0 Å². The van der Waals surface area contributed by atoms with Crippen molar-refractivity contribution < 1.29 is 5.11 Å². The molecule has 1 heterocycles. The molecule has 3 aromatic rings. The second-order valence-electron chi connectivity index (χ2n) is 5.43. The highest BCUT2D eigenvalue weighted by molar-refractivity contribution is 5.87. The number of phenols is 1. The van der Waals surface area contributed by atoms with Crippen molar-refractivity contribution in [1.82, 2.24) is 5.32 Å². The highest BCUT2D eigenvalue weighted by atomic mass is 16.3. The molecular weight excluding hydrogens is 274 g/mol. The van der Waals surface area contributed by atoms with E-state index in [1.54, 1.807) is 6.07 Å². The number of rotatable bonds is 3. The van der Waals surface area contributed by atoms with Crippen molar-refractivity contribution in [3.63, 3.8) is 0 Å². The lowest BCUT2D eigenvalue weighted by atomic mass is 10.0. The second-order valence-corrected chi connectivity index (χ2v) is 5.43. The van der Waals surface area contributed by atoms with Gasteiger partial charge in [-0.2, -0.15) is 0 Å². The van der Waals surface area contributed by atoms with E-state index in [9.17, 15) is 5.11 Å². The van der Waals surface area contributed by atoms with Crippen LogP contribution in [0.5, 0.6) is 5.75 Å². The van der Waals surface area contributed by atoms with Crippen LogP contribution < -0.4 is 16.0 Å². The van der Waals surface area contributed by atoms with E-state index in [0.717, 1.165) is 27.7 Å². The zero-order chi connectivity index (χ0) is 14.9. The third-order valence-corrected chi connectivity index (χ3v) is 4.03. The molecule has 0 saturated heterocycles. The van der Waals surface area contributed by atoms with Gasteiger partial charge in [0.15, 0.2) is 6.29 Å². The van der Waals surface area contributed by atoms with Gasteiger partial charge in [0.05, 0.1) is 11.4 Å². The maximum absolute atomic E-state index is 10.2. The molecule has 3 aromatic carbocycles. The Kier molecular flexibility index (Phi) is 3.09.